The number of H-pyrrole nitrogens is 1. The summed E-state index contributed by atoms with van der Waals surface area (Å²) in [5, 5.41) is 0. The summed E-state index contributed by atoms with van der Waals surface area (Å²) in [7, 11) is 0. The van der Waals surface area contributed by atoms with Gasteiger partial charge in [0.2, 0.25) is 0 Å². The molecule has 1 N–H and O–H groups in total. The van der Waals surface area contributed by atoms with Crippen molar-refractivity contribution in [3.05, 3.63) is 23.0 Å². The number of hydrogen-bond acceptors (Lipinski definition) is 1. The van der Waals surface area contributed by atoms with Crippen molar-refractivity contribution in [3.63, 3.8) is 0 Å². The Labute approximate surface area is 77.7 Å². The molecule has 0 atom stereocenters. The summed E-state index contributed by atoms with van der Waals surface area (Å²) >= 11 is 1.67. The van der Waals surface area contributed by atoms with Crippen LogP contribution in [-0.4, -0.2) is 10.7 Å². The topological polar surface area (TPSA) is 15.8 Å². The van der Waals surface area contributed by atoms with E-state index in [2.05, 4.69) is 4.98 Å². The molecule has 1 aliphatic heterocycles. The molecule has 0 spiro atoms. The maximum atomic E-state index is 12.2. The van der Waals surface area contributed by atoms with Gasteiger partial charge in [0, 0.05) is 11.4 Å². The Hall–Kier alpha value is -0.580. The van der Waals surface area contributed by atoms with Crippen LogP contribution in [-0.2, 0) is 18.3 Å². The van der Waals surface area contributed by atoms with Crippen molar-refractivity contribution in [2.45, 2.75) is 18.3 Å². The highest BCUT2D eigenvalue weighted by Gasteiger charge is 2.33. The smallest absolute Gasteiger partial charge is 0.355 e. The lowest BCUT2D eigenvalue weighted by atomic mass is 10.2. The zero-order valence-corrected chi connectivity index (χ0v) is 7.56. The molecule has 1 aromatic rings. The molecule has 1 aliphatic rings. The molecule has 13 heavy (non-hydrogen) atoms. The van der Waals surface area contributed by atoms with Crippen LogP contribution in [0.5, 0.6) is 0 Å². The average molecular weight is 207 g/mol. The lowest BCUT2D eigenvalue weighted by Gasteiger charge is -2.08. The quantitative estimate of drug-likeness (QED) is 0.691. The van der Waals surface area contributed by atoms with E-state index in [0.717, 1.165) is 23.4 Å². The van der Waals surface area contributed by atoms with E-state index < -0.39 is 11.9 Å². The molecule has 2 heterocycles. The molecule has 0 fully saturated rings. The van der Waals surface area contributed by atoms with Crippen LogP contribution in [0.1, 0.15) is 17.0 Å². The number of rotatable bonds is 0. The summed E-state index contributed by atoms with van der Waals surface area (Å²) in [6.45, 7) is 0. The normalized spacial score (nSPS) is 17.2. The zero-order valence-electron chi connectivity index (χ0n) is 6.74. The number of halogens is 3. The summed E-state index contributed by atoms with van der Waals surface area (Å²) in [4.78, 5) is 2.44. The van der Waals surface area contributed by atoms with E-state index in [1.807, 2.05) is 0 Å². The molecule has 0 aromatic carbocycles. The number of aryl methyl sites for hydroxylation is 1. The molecule has 0 aliphatic carbocycles. The van der Waals surface area contributed by atoms with Crippen LogP contribution in [0.2, 0.25) is 0 Å². The molecular weight excluding hydrogens is 199 g/mol. The highest BCUT2D eigenvalue weighted by molar-refractivity contribution is 7.98. The standard InChI is InChI=1S/C8H8F3NS/c9-8(10,11)7-3-5-4-13-2-1-6(5)12-7/h3,12H,1-2,4H2. The van der Waals surface area contributed by atoms with E-state index in [4.69, 9.17) is 0 Å². The van der Waals surface area contributed by atoms with Gasteiger partial charge >= 0.3 is 6.18 Å². The minimum Gasteiger partial charge on any atom is -0.355 e. The van der Waals surface area contributed by atoms with E-state index in [9.17, 15) is 13.2 Å². The van der Waals surface area contributed by atoms with Gasteiger partial charge in [-0.15, -0.1) is 0 Å². The van der Waals surface area contributed by atoms with Gasteiger partial charge < -0.3 is 4.98 Å². The van der Waals surface area contributed by atoms with Crippen LogP contribution in [0.25, 0.3) is 0 Å². The van der Waals surface area contributed by atoms with Gasteiger partial charge in [-0.2, -0.15) is 24.9 Å². The molecule has 0 radical (unpaired) electrons. The fourth-order valence-corrected chi connectivity index (χ4v) is 2.37. The monoisotopic (exact) mass is 207 g/mol. The summed E-state index contributed by atoms with van der Waals surface area (Å²) in [5.41, 5.74) is 0.953. The van der Waals surface area contributed by atoms with Gasteiger partial charge in [0.25, 0.3) is 0 Å². The Morgan fingerprint density at radius 1 is 1.38 bits per heavy atom. The number of thioether (sulfide) groups is 1. The molecule has 0 saturated heterocycles. The Bertz CT molecular complexity index is 292. The molecule has 1 aromatic heterocycles. The summed E-state index contributed by atoms with van der Waals surface area (Å²) in [6, 6.07) is 1.22. The molecule has 0 unspecified atom stereocenters. The number of nitrogens with one attached hydrogen (secondary N) is 1. The average Bonchev–Trinajstić information content (AvgIpc) is 2.45. The largest absolute Gasteiger partial charge is 0.431 e. The summed E-state index contributed by atoms with van der Waals surface area (Å²) in [5.74, 6) is 1.60. The van der Waals surface area contributed by atoms with Crippen molar-refractivity contribution in [1.82, 2.24) is 4.98 Å². The van der Waals surface area contributed by atoms with Crippen molar-refractivity contribution < 1.29 is 13.2 Å². The lowest BCUT2D eigenvalue weighted by Crippen LogP contribution is -2.05. The van der Waals surface area contributed by atoms with E-state index in [1.165, 1.54) is 6.07 Å². The van der Waals surface area contributed by atoms with Crippen LogP contribution >= 0.6 is 11.8 Å². The molecule has 2 rings (SSSR count). The highest BCUT2D eigenvalue weighted by atomic mass is 32.2. The zero-order chi connectivity index (χ0) is 9.47. The number of aromatic nitrogens is 1. The second-order valence-corrected chi connectivity index (χ2v) is 4.09. The van der Waals surface area contributed by atoms with Crippen molar-refractivity contribution >= 4 is 11.8 Å². The number of hydrogen-bond donors (Lipinski definition) is 1. The van der Waals surface area contributed by atoms with E-state index >= 15 is 0 Å². The number of alkyl halides is 3. The Balaban J connectivity index is 2.36. The molecule has 0 saturated carbocycles. The SMILES string of the molecule is FC(F)(F)c1cc2c([nH]1)CCSC2. The van der Waals surface area contributed by atoms with Crippen LogP contribution in [0.15, 0.2) is 6.07 Å². The van der Waals surface area contributed by atoms with Crippen LogP contribution in [0.4, 0.5) is 13.2 Å². The van der Waals surface area contributed by atoms with Gasteiger partial charge in [-0.3, -0.25) is 0 Å². The van der Waals surface area contributed by atoms with Gasteiger partial charge in [0.15, 0.2) is 0 Å². The Kier molecular flexibility index (Phi) is 2.06. The van der Waals surface area contributed by atoms with Crippen molar-refractivity contribution in [3.8, 4) is 0 Å². The van der Waals surface area contributed by atoms with Crippen LogP contribution in [0, 0.1) is 0 Å². The predicted octanol–water partition coefficient (Wildman–Crippen LogP) is 2.82. The minimum atomic E-state index is -4.23. The van der Waals surface area contributed by atoms with Gasteiger partial charge in [-0.25, -0.2) is 0 Å². The Morgan fingerprint density at radius 3 is 2.77 bits per heavy atom. The first-order valence-electron chi connectivity index (χ1n) is 3.93. The molecule has 72 valence electrons. The third kappa shape index (κ3) is 1.70. The maximum Gasteiger partial charge on any atom is 0.431 e. The molecule has 1 nitrogen and oxygen atoms in total. The van der Waals surface area contributed by atoms with E-state index in [0.29, 0.717) is 5.75 Å². The van der Waals surface area contributed by atoms with Crippen LogP contribution in [0.3, 0.4) is 0 Å². The first-order valence-corrected chi connectivity index (χ1v) is 5.08. The number of aromatic amines is 1. The molecule has 0 amide bonds. The third-order valence-corrected chi connectivity index (χ3v) is 3.06. The van der Waals surface area contributed by atoms with Crippen molar-refractivity contribution in [2.24, 2.45) is 0 Å². The maximum absolute atomic E-state index is 12.2. The van der Waals surface area contributed by atoms with Gasteiger partial charge in [0.1, 0.15) is 5.69 Å². The van der Waals surface area contributed by atoms with E-state index in [-0.39, 0.29) is 0 Å². The molecule has 5 heteroatoms. The second-order valence-electron chi connectivity index (χ2n) is 2.99. The highest BCUT2D eigenvalue weighted by Crippen LogP contribution is 2.33. The second kappa shape index (κ2) is 2.97. The lowest BCUT2D eigenvalue weighted by molar-refractivity contribution is -0.140. The van der Waals surface area contributed by atoms with Crippen molar-refractivity contribution in [1.29, 1.82) is 0 Å². The van der Waals surface area contributed by atoms with Crippen molar-refractivity contribution in [2.75, 3.05) is 5.75 Å². The first kappa shape index (κ1) is 8.99. The minimum absolute atomic E-state index is 0.611. The summed E-state index contributed by atoms with van der Waals surface area (Å²) in [6.07, 6.45) is -3.52. The Morgan fingerprint density at radius 2 is 2.15 bits per heavy atom. The molecule has 0 bridgehead atoms. The van der Waals surface area contributed by atoms with Gasteiger partial charge in [-0.05, 0) is 23.8 Å². The van der Waals surface area contributed by atoms with Gasteiger partial charge in [0.05, 0.1) is 0 Å². The molecular formula is C8H8F3NS. The first-order chi connectivity index (χ1) is 6.07. The van der Waals surface area contributed by atoms with Crippen LogP contribution < -0.4 is 0 Å². The fourth-order valence-electron chi connectivity index (χ4n) is 1.40. The van der Waals surface area contributed by atoms with E-state index in [1.54, 1.807) is 11.8 Å². The summed E-state index contributed by atoms with van der Waals surface area (Å²) < 4.78 is 36.7. The predicted molar refractivity (Wildman–Crippen MR) is 45.7 cm³/mol. The fraction of sp³-hybridized carbons (Fsp3) is 0.500. The third-order valence-electron chi connectivity index (χ3n) is 2.05. The van der Waals surface area contributed by atoms with Gasteiger partial charge in [-0.1, -0.05) is 0 Å². The number of fused-ring (bicyclic) bond motifs is 1.